The zero-order chi connectivity index (χ0) is 22.9. The summed E-state index contributed by atoms with van der Waals surface area (Å²) in [5.74, 6) is 0.855. The highest BCUT2D eigenvalue weighted by Crippen LogP contribution is 2.12. The van der Waals surface area contributed by atoms with E-state index in [0.29, 0.717) is 18.7 Å². The van der Waals surface area contributed by atoms with Gasteiger partial charge in [0.25, 0.3) is 5.91 Å². The summed E-state index contributed by atoms with van der Waals surface area (Å²) in [5.41, 5.74) is 3.09. The highest BCUT2D eigenvalue weighted by molar-refractivity contribution is 14.0. The molecule has 2 heterocycles. The van der Waals surface area contributed by atoms with Crippen molar-refractivity contribution in [1.29, 1.82) is 0 Å². The average Bonchev–Trinajstić information content (AvgIpc) is 3.38. The van der Waals surface area contributed by atoms with Gasteiger partial charge in [0, 0.05) is 65.0 Å². The van der Waals surface area contributed by atoms with Crippen LogP contribution in [0.2, 0.25) is 0 Å². The Hall–Kier alpha value is -2.17. The molecule has 0 saturated carbocycles. The van der Waals surface area contributed by atoms with Gasteiger partial charge >= 0.3 is 0 Å². The first-order chi connectivity index (χ1) is 16.2. The van der Waals surface area contributed by atoms with Gasteiger partial charge in [0.1, 0.15) is 0 Å². The van der Waals surface area contributed by atoms with E-state index in [9.17, 15) is 4.79 Å². The van der Waals surface area contributed by atoms with E-state index in [-0.39, 0.29) is 36.0 Å². The number of guanidine groups is 1. The first kappa shape index (κ1) is 26.4. The number of amides is 1. The van der Waals surface area contributed by atoms with E-state index in [1.54, 1.807) is 0 Å². The number of carbonyl (C=O) groups is 1. The van der Waals surface area contributed by atoms with Gasteiger partial charge in [-0.05, 0) is 36.1 Å². The predicted octanol–water partition coefficient (Wildman–Crippen LogP) is 3.11. The highest BCUT2D eigenvalue weighted by Gasteiger charge is 2.20. The first-order valence-corrected chi connectivity index (χ1v) is 11.9. The minimum atomic E-state index is -0.0497. The second-order valence-corrected chi connectivity index (χ2v) is 8.69. The second kappa shape index (κ2) is 13.7. The molecule has 2 aromatic rings. The molecule has 8 heteroatoms. The van der Waals surface area contributed by atoms with Crippen LogP contribution in [-0.4, -0.2) is 74.1 Å². The lowest BCUT2D eigenvalue weighted by molar-refractivity contribution is 0.0857. The van der Waals surface area contributed by atoms with Gasteiger partial charge in [0.15, 0.2) is 5.96 Å². The molecule has 0 aromatic heterocycles. The quantitative estimate of drug-likeness (QED) is 0.301. The SMILES string of the molecule is CN=C(NCc1cccc(C(=O)NCC2CCCO2)c1)N1CCN(Cc2ccccc2)CC1.I. The molecule has 0 bridgehead atoms. The number of piperazine rings is 1. The molecule has 0 aliphatic carbocycles. The maximum atomic E-state index is 12.5. The zero-order valence-corrected chi connectivity index (χ0v) is 22.2. The van der Waals surface area contributed by atoms with Crippen molar-refractivity contribution in [3.63, 3.8) is 0 Å². The molecule has 184 valence electrons. The number of rotatable bonds is 7. The van der Waals surface area contributed by atoms with Crippen LogP contribution < -0.4 is 10.6 Å². The zero-order valence-electron chi connectivity index (χ0n) is 19.9. The van der Waals surface area contributed by atoms with E-state index in [1.165, 1.54) is 5.56 Å². The van der Waals surface area contributed by atoms with E-state index in [2.05, 4.69) is 55.8 Å². The van der Waals surface area contributed by atoms with E-state index in [1.807, 2.05) is 31.3 Å². The smallest absolute Gasteiger partial charge is 0.251 e. The van der Waals surface area contributed by atoms with Crippen molar-refractivity contribution in [3.05, 3.63) is 71.3 Å². The predicted molar refractivity (Wildman–Crippen MR) is 147 cm³/mol. The van der Waals surface area contributed by atoms with Crippen molar-refractivity contribution in [2.45, 2.75) is 32.0 Å². The van der Waals surface area contributed by atoms with Crippen molar-refractivity contribution in [1.82, 2.24) is 20.4 Å². The van der Waals surface area contributed by atoms with Crippen molar-refractivity contribution >= 4 is 35.8 Å². The van der Waals surface area contributed by atoms with Crippen molar-refractivity contribution in [3.8, 4) is 0 Å². The summed E-state index contributed by atoms with van der Waals surface area (Å²) in [6, 6.07) is 18.4. The van der Waals surface area contributed by atoms with Gasteiger partial charge < -0.3 is 20.3 Å². The van der Waals surface area contributed by atoms with Crippen LogP contribution in [0.5, 0.6) is 0 Å². The van der Waals surface area contributed by atoms with Crippen LogP contribution >= 0.6 is 24.0 Å². The molecule has 0 radical (unpaired) electrons. The molecule has 1 amide bonds. The number of hydrogen-bond donors (Lipinski definition) is 2. The Morgan fingerprint density at radius 1 is 1.03 bits per heavy atom. The van der Waals surface area contributed by atoms with Crippen LogP contribution in [-0.2, 0) is 17.8 Å². The molecule has 7 nitrogen and oxygen atoms in total. The summed E-state index contributed by atoms with van der Waals surface area (Å²) in [4.78, 5) is 21.8. The highest BCUT2D eigenvalue weighted by atomic mass is 127. The lowest BCUT2D eigenvalue weighted by atomic mass is 10.1. The number of aliphatic imine (C=N–C) groups is 1. The van der Waals surface area contributed by atoms with Gasteiger partial charge in [-0.15, -0.1) is 24.0 Å². The maximum absolute atomic E-state index is 12.5. The Balaban J connectivity index is 0.00000324. The van der Waals surface area contributed by atoms with Gasteiger partial charge in [0.2, 0.25) is 0 Å². The van der Waals surface area contributed by atoms with E-state index in [0.717, 1.165) is 63.7 Å². The molecule has 2 saturated heterocycles. The van der Waals surface area contributed by atoms with Crippen LogP contribution in [0.25, 0.3) is 0 Å². The van der Waals surface area contributed by atoms with Crippen LogP contribution in [0.3, 0.4) is 0 Å². The summed E-state index contributed by atoms with van der Waals surface area (Å²) in [5, 5.41) is 6.46. The summed E-state index contributed by atoms with van der Waals surface area (Å²) in [6.45, 7) is 6.89. The third kappa shape index (κ3) is 7.68. The molecule has 34 heavy (non-hydrogen) atoms. The Labute approximate surface area is 220 Å². The van der Waals surface area contributed by atoms with Gasteiger partial charge in [-0.3, -0.25) is 14.7 Å². The number of hydrogen-bond acceptors (Lipinski definition) is 4. The lowest BCUT2D eigenvalue weighted by Crippen LogP contribution is -2.52. The number of carbonyl (C=O) groups excluding carboxylic acids is 1. The topological polar surface area (TPSA) is 69.2 Å². The third-order valence-corrected chi connectivity index (χ3v) is 6.29. The van der Waals surface area contributed by atoms with Crippen LogP contribution in [0, 0.1) is 0 Å². The van der Waals surface area contributed by atoms with Crippen molar-refractivity contribution < 1.29 is 9.53 Å². The monoisotopic (exact) mass is 577 g/mol. The standard InChI is InChI=1S/C26H35N5O2.HI/c1-27-26(31-14-12-30(13-15-31)20-21-7-3-2-4-8-21)29-18-22-9-5-10-23(17-22)25(32)28-19-24-11-6-16-33-24;/h2-5,7-10,17,24H,6,11-16,18-20H2,1H3,(H,27,29)(H,28,32);1H. The van der Waals surface area contributed by atoms with Gasteiger partial charge in [-0.25, -0.2) is 0 Å². The largest absolute Gasteiger partial charge is 0.376 e. The third-order valence-electron chi connectivity index (χ3n) is 6.29. The minimum Gasteiger partial charge on any atom is -0.376 e. The van der Waals surface area contributed by atoms with Gasteiger partial charge in [-0.2, -0.15) is 0 Å². The molecule has 2 aliphatic rings. The number of benzene rings is 2. The van der Waals surface area contributed by atoms with Crippen LogP contribution in [0.1, 0.15) is 34.3 Å². The van der Waals surface area contributed by atoms with Crippen LogP contribution in [0.15, 0.2) is 59.6 Å². The summed E-state index contributed by atoms with van der Waals surface area (Å²) in [7, 11) is 1.83. The first-order valence-electron chi connectivity index (χ1n) is 11.9. The fourth-order valence-corrected chi connectivity index (χ4v) is 4.41. The van der Waals surface area contributed by atoms with Gasteiger partial charge in [0.05, 0.1) is 6.10 Å². The normalized spacial score (nSPS) is 18.9. The molecule has 2 fully saturated rings. The Bertz CT molecular complexity index is 926. The fraction of sp³-hybridized carbons (Fsp3) is 0.462. The molecule has 1 unspecified atom stereocenters. The summed E-state index contributed by atoms with van der Waals surface area (Å²) >= 11 is 0. The number of nitrogens with zero attached hydrogens (tertiary/aromatic N) is 3. The summed E-state index contributed by atoms with van der Waals surface area (Å²) in [6.07, 6.45) is 2.24. The van der Waals surface area contributed by atoms with E-state index in [4.69, 9.17) is 4.74 Å². The van der Waals surface area contributed by atoms with Crippen LogP contribution in [0.4, 0.5) is 0 Å². The molecule has 2 N–H and O–H groups in total. The molecule has 4 rings (SSSR count). The number of ether oxygens (including phenoxy) is 1. The second-order valence-electron chi connectivity index (χ2n) is 8.69. The number of nitrogens with one attached hydrogen (secondary N) is 2. The van der Waals surface area contributed by atoms with Gasteiger partial charge in [-0.1, -0.05) is 42.5 Å². The molecule has 0 spiro atoms. The molecular weight excluding hydrogens is 541 g/mol. The van der Waals surface area contributed by atoms with E-state index < -0.39 is 0 Å². The Kier molecular flexibility index (Phi) is 10.6. The number of halogens is 1. The Morgan fingerprint density at radius 2 is 1.79 bits per heavy atom. The minimum absolute atomic E-state index is 0. The van der Waals surface area contributed by atoms with Crippen molar-refractivity contribution in [2.75, 3.05) is 46.4 Å². The summed E-state index contributed by atoms with van der Waals surface area (Å²) < 4.78 is 5.59. The lowest BCUT2D eigenvalue weighted by Gasteiger charge is -2.36. The Morgan fingerprint density at radius 3 is 2.50 bits per heavy atom. The molecule has 2 aromatic carbocycles. The maximum Gasteiger partial charge on any atom is 0.251 e. The van der Waals surface area contributed by atoms with Crippen molar-refractivity contribution in [2.24, 2.45) is 4.99 Å². The molecule has 2 aliphatic heterocycles. The average molecular weight is 578 g/mol. The fourth-order valence-electron chi connectivity index (χ4n) is 4.41. The van der Waals surface area contributed by atoms with E-state index >= 15 is 0 Å². The molecular formula is C26H36IN5O2. The molecule has 1 atom stereocenters.